The highest BCUT2D eigenvalue weighted by Gasteiger charge is 2.49. The predicted octanol–water partition coefficient (Wildman–Crippen LogP) is 3.94. The summed E-state index contributed by atoms with van der Waals surface area (Å²) in [6.45, 7) is 1.22. The molecule has 1 saturated heterocycles. The van der Waals surface area contributed by atoms with Crippen molar-refractivity contribution in [2.24, 2.45) is 0 Å². The van der Waals surface area contributed by atoms with Gasteiger partial charge >= 0.3 is 6.03 Å². The van der Waals surface area contributed by atoms with Crippen LogP contribution in [0.5, 0.6) is 5.75 Å². The highest BCUT2D eigenvalue weighted by molar-refractivity contribution is 6.10. The number of hydrogen-bond donors (Lipinski definition) is 2. The molecule has 1 aromatic heterocycles. The van der Waals surface area contributed by atoms with E-state index in [4.69, 9.17) is 9.84 Å². The van der Waals surface area contributed by atoms with Crippen LogP contribution in [0, 0.1) is 0 Å². The van der Waals surface area contributed by atoms with Gasteiger partial charge in [-0.2, -0.15) is 5.10 Å². The Morgan fingerprint density at radius 1 is 1.11 bits per heavy atom. The average molecular weight is 488 g/mol. The van der Waals surface area contributed by atoms with Gasteiger partial charge < -0.3 is 15.4 Å². The van der Waals surface area contributed by atoms with Crippen LogP contribution in [0.1, 0.15) is 49.8 Å². The Kier molecular flexibility index (Phi) is 6.22. The highest BCUT2D eigenvalue weighted by Crippen LogP contribution is 2.35. The minimum Gasteiger partial charge on any atom is -0.497 e. The molecule has 9 heteroatoms. The summed E-state index contributed by atoms with van der Waals surface area (Å²) < 4.78 is 6.88. The Hall–Kier alpha value is -4.14. The van der Waals surface area contributed by atoms with E-state index in [0.29, 0.717) is 23.0 Å². The monoisotopic (exact) mass is 487 g/mol. The van der Waals surface area contributed by atoms with Crippen molar-refractivity contribution in [3.05, 3.63) is 71.9 Å². The summed E-state index contributed by atoms with van der Waals surface area (Å²) in [6, 6.07) is 17.7. The fourth-order valence-corrected chi connectivity index (χ4v) is 4.96. The lowest BCUT2D eigenvalue weighted by Crippen LogP contribution is -2.42. The number of nitrogens with zero attached hydrogens (tertiary/aromatic N) is 3. The molecule has 2 aromatic carbocycles. The average Bonchev–Trinajstić information content (AvgIpc) is 3.61. The Morgan fingerprint density at radius 3 is 2.47 bits per heavy atom. The second-order valence-electron chi connectivity index (χ2n) is 9.41. The van der Waals surface area contributed by atoms with Gasteiger partial charge in [-0.05, 0) is 49.6 Å². The summed E-state index contributed by atoms with van der Waals surface area (Å²) in [7, 11) is 1.56. The van der Waals surface area contributed by atoms with E-state index in [-0.39, 0.29) is 0 Å². The van der Waals surface area contributed by atoms with Gasteiger partial charge in [-0.3, -0.25) is 14.5 Å². The molecule has 1 unspecified atom stereocenters. The zero-order valence-corrected chi connectivity index (χ0v) is 20.4. The lowest BCUT2D eigenvalue weighted by atomic mass is 9.92. The van der Waals surface area contributed by atoms with E-state index in [9.17, 15) is 14.4 Å². The van der Waals surface area contributed by atoms with Gasteiger partial charge in [-0.1, -0.05) is 43.2 Å². The number of anilines is 1. The summed E-state index contributed by atoms with van der Waals surface area (Å²) in [6.07, 6.45) is 4.49. The molecular weight excluding hydrogens is 458 g/mol. The van der Waals surface area contributed by atoms with E-state index >= 15 is 0 Å². The number of benzene rings is 2. The second kappa shape index (κ2) is 9.49. The van der Waals surface area contributed by atoms with Gasteiger partial charge in [0, 0.05) is 12.0 Å². The molecule has 5 rings (SSSR count). The molecule has 186 valence electrons. The molecule has 2 aliphatic rings. The number of methoxy groups -OCH3 is 1. The van der Waals surface area contributed by atoms with Crippen molar-refractivity contribution in [1.29, 1.82) is 0 Å². The molecule has 1 saturated carbocycles. The molecule has 2 fully saturated rings. The third-order valence-corrected chi connectivity index (χ3v) is 7.01. The van der Waals surface area contributed by atoms with Gasteiger partial charge in [0.05, 0.1) is 18.5 Å². The number of para-hydroxylation sites is 1. The molecule has 0 bridgehead atoms. The van der Waals surface area contributed by atoms with E-state index in [1.807, 2.05) is 36.4 Å². The largest absolute Gasteiger partial charge is 0.497 e. The Bertz CT molecular complexity index is 1280. The molecule has 1 aliphatic heterocycles. The van der Waals surface area contributed by atoms with E-state index < -0.39 is 29.9 Å². The van der Waals surface area contributed by atoms with Gasteiger partial charge in [0.15, 0.2) is 0 Å². The fraction of sp³-hybridized carbons (Fsp3) is 0.333. The lowest BCUT2D eigenvalue weighted by molar-refractivity contribution is -0.133. The van der Waals surface area contributed by atoms with Crippen LogP contribution in [0.25, 0.3) is 5.69 Å². The van der Waals surface area contributed by atoms with Crippen LogP contribution >= 0.6 is 0 Å². The van der Waals surface area contributed by atoms with Crippen molar-refractivity contribution in [3.63, 3.8) is 0 Å². The molecule has 0 spiro atoms. The van der Waals surface area contributed by atoms with Crippen molar-refractivity contribution in [3.8, 4) is 11.4 Å². The molecule has 1 atom stereocenters. The Balaban J connectivity index is 1.35. The van der Waals surface area contributed by atoms with Crippen LogP contribution in [0.15, 0.2) is 60.7 Å². The number of nitrogens with one attached hydrogen (secondary N) is 2. The zero-order valence-electron chi connectivity index (χ0n) is 20.4. The van der Waals surface area contributed by atoms with Gasteiger partial charge in [0.25, 0.3) is 5.91 Å². The molecule has 9 nitrogen and oxygen atoms in total. The number of rotatable bonds is 7. The van der Waals surface area contributed by atoms with Gasteiger partial charge in [0.1, 0.15) is 23.7 Å². The van der Waals surface area contributed by atoms with Crippen LogP contribution in [0.2, 0.25) is 0 Å². The van der Waals surface area contributed by atoms with Crippen molar-refractivity contribution in [2.45, 2.75) is 44.1 Å². The van der Waals surface area contributed by atoms with E-state index in [0.717, 1.165) is 29.1 Å². The van der Waals surface area contributed by atoms with Crippen LogP contribution in [0.3, 0.4) is 0 Å². The minimum absolute atomic E-state index is 0.363. The third-order valence-electron chi connectivity index (χ3n) is 7.01. The minimum atomic E-state index is -1.27. The first-order chi connectivity index (χ1) is 17.4. The Labute approximate surface area is 209 Å². The first-order valence-electron chi connectivity index (χ1n) is 12.1. The molecule has 2 heterocycles. The summed E-state index contributed by atoms with van der Waals surface area (Å²) in [5.41, 5.74) is 1.09. The maximum atomic E-state index is 13.3. The number of hydrogen-bond acceptors (Lipinski definition) is 5. The van der Waals surface area contributed by atoms with Crippen molar-refractivity contribution in [1.82, 2.24) is 20.0 Å². The second-order valence-corrected chi connectivity index (χ2v) is 9.41. The number of imide groups is 1. The number of urea groups is 1. The molecule has 2 N–H and O–H groups in total. The van der Waals surface area contributed by atoms with Crippen LogP contribution in [-0.4, -0.2) is 46.2 Å². The van der Waals surface area contributed by atoms with E-state index in [1.54, 1.807) is 43.0 Å². The summed E-state index contributed by atoms with van der Waals surface area (Å²) >= 11 is 0. The molecule has 1 aliphatic carbocycles. The standard InChI is InChI=1S/C27H29N5O4/c1-27(19-12-14-21(36-2)15-13-19)25(34)31(26(35)29-27)17-24(33)28-23-16-22(18-8-6-7-9-18)30-32(23)20-10-4-3-5-11-20/h3-5,10-16,18H,6-9,17H2,1-2H3,(H,28,33)(H,29,35). The molecule has 0 radical (unpaired) electrons. The number of amides is 4. The number of carbonyl (C=O) groups excluding carboxylic acids is 3. The van der Waals surface area contributed by atoms with Crippen molar-refractivity contribution < 1.29 is 19.1 Å². The lowest BCUT2D eigenvalue weighted by Gasteiger charge is -2.22. The topological polar surface area (TPSA) is 106 Å². The van der Waals surface area contributed by atoms with E-state index in [2.05, 4.69) is 10.6 Å². The number of ether oxygens (including phenoxy) is 1. The SMILES string of the molecule is COc1ccc(C2(C)NC(=O)N(CC(=O)Nc3cc(C4CCCC4)nn3-c3ccccc3)C2=O)cc1. The predicted molar refractivity (Wildman–Crippen MR) is 134 cm³/mol. The molecule has 36 heavy (non-hydrogen) atoms. The number of aromatic nitrogens is 2. The summed E-state index contributed by atoms with van der Waals surface area (Å²) in [4.78, 5) is 40.0. The highest BCUT2D eigenvalue weighted by atomic mass is 16.5. The van der Waals surface area contributed by atoms with Crippen LogP contribution < -0.4 is 15.4 Å². The van der Waals surface area contributed by atoms with Crippen LogP contribution in [-0.2, 0) is 15.1 Å². The maximum Gasteiger partial charge on any atom is 0.325 e. The molecule has 4 amide bonds. The third kappa shape index (κ3) is 4.32. The van der Waals surface area contributed by atoms with Crippen molar-refractivity contribution >= 4 is 23.7 Å². The van der Waals surface area contributed by atoms with Gasteiger partial charge in [-0.25, -0.2) is 9.48 Å². The Morgan fingerprint density at radius 2 is 1.81 bits per heavy atom. The zero-order chi connectivity index (χ0) is 25.3. The first kappa shape index (κ1) is 23.6. The summed E-state index contributed by atoms with van der Waals surface area (Å²) in [5.74, 6) is 0.547. The first-order valence-corrected chi connectivity index (χ1v) is 12.1. The van der Waals surface area contributed by atoms with Crippen LogP contribution in [0.4, 0.5) is 10.6 Å². The fourth-order valence-electron chi connectivity index (χ4n) is 4.96. The smallest absolute Gasteiger partial charge is 0.325 e. The molecule has 3 aromatic rings. The van der Waals surface area contributed by atoms with Gasteiger partial charge in [0.2, 0.25) is 5.91 Å². The quantitative estimate of drug-likeness (QED) is 0.491. The number of carbonyl (C=O) groups is 3. The molecular formula is C27H29N5O4. The van der Waals surface area contributed by atoms with Gasteiger partial charge in [-0.15, -0.1) is 0 Å². The normalized spacial score (nSPS) is 20.0. The summed E-state index contributed by atoms with van der Waals surface area (Å²) in [5, 5.41) is 10.4. The van der Waals surface area contributed by atoms with E-state index in [1.165, 1.54) is 12.8 Å². The van der Waals surface area contributed by atoms with Crippen molar-refractivity contribution in [2.75, 3.05) is 19.0 Å². The maximum absolute atomic E-state index is 13.3.